The average Bonchev–Trinajstić information content (AvgIpc) is 3.22. The molecule has 2 aromatic carbocycles. The quantitative estimate of drug-likeness (QED) is 0.236. The van der Waals surface area contributed by atoms with Crippen LogP contribution < -0.4 is 16.4 Å². The summed E-state index contributed by atoms with van der Waals surface area (Å²) < 4.78 is 40.8. The maximum Gasteiger partial charge on any atom is 0.416 e. The van der Waals surface area contributed by atoms with Crippen LogP contribution in [0.4, 0.5) is 30.4 Å². The Bertz CT molecular complexity index is 1530. The third-order valence-corrected chi connectivity index (χ3v) is 5.66. The van der Waals surface area contributed by atoms with E-state index in [1.54, 1.807) is 54.6 Å². The zero-order chi connectivity index (χ0) is 27.4. The summed E-state index contributed by atoms with van der Waals surface area (Å²) in [6.45, 7) is 5.88. The molecule has 2 heterocycles. The number of hydrogen-bond donors (Lipinski definition) is 3. The number of carbonyl (C=O) groups excluding carboxylic acids is 1. The number of pyridine rings is 1. The largest absolute Gasteiger partial charge is 0.416 e. The van der Waals surface area contributed by atoms with Crippen LogP contribution in [0, 0.1) is 6.92 Å². The molecule has 4 rings (SSSR count). The van der Waals surface area contributed by atoms with Crippen LogP contribution in [0.1, 0.15) is 32.7 Å². The number of imidazole rings is 1. The van der Waals surface area contributed by atoms with Crippen molar-refractivity contribution in [1.29, 1.82) is 0 Å². The summed E-state index contributed by atoms with van der Waals surface area (Å²) in [5.41, 5.74) is 8.41. The Morgan fingerprint density at radius 2 is 1.82 bits per heavy atom. The number of carbonyl (C=O) groups is 1. The van der Waals surface area contributed by atoms with Gasteiger partial charge in [0, 0.05) is 42.0 Å². The highest BCUT2D eigenvalue weighted by Crippen LogP contribution is 2.31. The molecule has 0 aliphatic carbocycles. The van der Waals surface area contributed by atoms with Crippen LogP contribution in [0.15, 0.2) is 84.9 Å². The first kappa shape index (κ1) is 26.1. The van der Waals surface area contributed by atoms with E-state index in [1.165, 1.54) is 18.2 Å². The van der Waals surface area contributed by atoms with Gasteiger partial charge in [-0.3, -0.25) is 9.78 Å². The number of amidine groups is 1. The number of nitrogens with zero attached hydrogens (tertiary/aromatic N) is 4. The number of alkyl halides is 3. The summed E-state index contributed by atoms with van der Waals surface area (Å²) in [6, 6.07) is 12.8. The van der Waals surface area contributed by atoms with E-state index in [0.717, 1.165) is 23.3 Å². The van der Waals surface area contributed by atoms with Crippen LogP contribution in [0.3, 0.4) is 0 Å². The Kier molecular flexibility index (Phi) is 7.28. The molecule has 4 aromatic rings. The van der Waals surface area contributed by atoms with Crippen LogP contribution >= 0.6 is 0 Å². The van der Waals surface area contributed by atoms with Crippen molar-refractivity contribution in [3.05, 3.63) is 108 Å². The Balaban J connectivity index is 1.68. The molecule has 0 spiro atoms. The van der Waals surface area contributed by atoms with Crippen molar-refractivity contribution in [1.82, 2.24) is 19.9 Å². The molecule has 0 unspecified atom stereocenters. The molecule has 0 atom stereocenters. The van der Waals surface area contributed by atoms with E-state index in [-0.39, 0.29) is 11.3 Å². The number of nitrogen functional groups attached to an aromatic ring is 1. The second-order valence-corrected chi connectivity index (χ2v) is 8.42. The van der Waals surface area contributed by atoms with Crippen LogP contribution in [0.2, 0.25) is 0 Å². The van der Waals surface area contributed by atoms with Gasteiger partial charge in [0.05, 0.1) is 17.6 Å². The molecule has 194 valence electrons. The number of aromatic nitrogens is 3. The standard InChI is InChI=1S/C27H24F3N7O/c1-16-7-8-19(26(38)35-21-6-4-5-20(14-21)27(28,29)30)13-22(16)36-25(23-24(31)37(3)15-33-23)34-17(2)18-9-11-32-12-10-18/h4-15H,2,31H2,1,3H3,(H,34,36)(H,35,38). The number of rotatable bonds is 6. The van der Waals surface area contributed by atoms with E-state index < -0.39 is 17.6 Å². The summed E-state index contributed by atoms with van der Waals surface area (Å²) in [5.74, 6) is 0.0622. The molecule has 11 heteroatoms. The normalized spacial score (nSPS) is 11.8. The first-order valence-electron chi connectivity index (χ1n) is 11.3. The SMILES string of the molecule is C=C(NC(=Nc1cc(C(=O)Nc2cccc(C(F)(F)F)c2)ccc1C)c1ncn(C)c1N)c1ccncc1. The fourth-order valence-electron chi connectivity index (χ4n) is 3.50. The van der Waals surface area contributed by atoms with Crippen molar-refractivity contribution in [3.63, 3.8) is 0 Å². The van der Waals surface area contributed by atoms with Crippen LogP contribution in [0.25, 0.3) is 5.70 Å². The summed E-state index contributed by atoms with van der Waals surface area (Å²) in [4.78, 5) is 26.0. The lowest BCUT2D eigenvalue weighted by molar-refractivity contribution is -0.137. The highest BCUT2D eigenvalue weighted by atomic mass is 19.4. The Morgan fingerprint density at radius 3 is 2.47 bits per heavy atom. The zero-order valence-corrected chi connectivity index (χ0v) is 20.5. The Morgan fingerprint density at radius 1 is 1.08 bits per heavy atom. The third-order valence-electron chi connectivity index (χ3n) is 5.66. The van der Waals surface area contributed by atoms with Crippen LogP contribution in [0.5, 0.6) is 0 Å². The van der Waals surface area contributed by atoms with Gasteiger partial charge in [-0.1, -0.05) is 18.7 Å². The van der Waals surface area contributed by atoms with E-state index in [0.29, 0.717) is 28.7 Å². The zero-order valence-electron chi connectivity index (χ0n) is 20.5. The van der Waals surface area contributed by atoms with Crippen LogP contribution in [-0.2, 0) is 13.2 Å². The molecule has 0 radical (unpaired) electrons. The summed E-state index contributed by atoms with van der Waals surface area (Å²) in [6.07, 6.45) is 0.280. The molecule has 0 fully saturated rings. The van der Waals surface area contributed by atoms with Gasteiger partial charge < -0.3 is 20.9 Å². The van der Waals surface area contributed by atoms with Crippen molar-refractivity contribution in [2.45, 2.75) is 13.1 Å². The molecule has 0 bridgehead atoms. The second kappa shape index (κ2) is 10.6. The minimum atomic E-state index is -4.52. The minimum Gasteiger partial charge on any atom is -0.383 e. The molecule has 4 N–H and O–H groups in total. The molecule has 8 nitrogen and oxygen atoms in total. The highest BCUT2D eigenvalue weighted by Gasteiger charge is 2.30. The first-order chi connectivity index (χ1) is 18.0. The molecule has 0 saturated carbocycles. The van der Waals surface area contributed by atoms with Gasteiger partial charge in [0.15, 0.2) is 5.84 Å². The summed E-state index contributed by atoms with van der Waals surface area (Å²) in [5, 5.41) is 5.66. The van der Waals surface area contributed by atoms with Gasteiger partial charge in [0.25, 0.3) is 5.91 Å². The number of halogens is 3. The predicted octanol–water partition coefficient (Wildman–Crippen LogP) is 5.32. The molecule has 2 aromatic heterocycles. The number of anilines is 2. The number of benzene rings is 2. The van der Waals surface area contributed by atoms with Crippen molar-refractivity contribution < 1.29 is 18.0 Å². The highest BCUT2D eigenvalue weighted by molar-refractivity contribution is 6.07. The molecule has 0 aliphatic heterocycles. The maximum atomic E-state index is 13.1. The number of hydrogen-bond acceptors (Lipinski definition) is 5. The summed E-state index contributed by atoms with van der Waals surface area (Å²) in [7, 11) is 1.74. The smallest absolute Gasteiger partial charge is 0.383 e. The molecular formula is C27H24F3N7O. The number of aryl methyl sites for hydroxylation is 2. The fourth-order valence-corrected chi connectivity index (χ4v) is 3.50. The van der Waals surface area contributed by atoms with Gasteiger partial charge in [-0.05, 0) is 55.0 Å². The number of amides is 1. The van der Waals surface area contributed by atoms with Crippen molar-refractivity contribution in [2.75, 3.05) is 11.1 Å². The van der Waals surface area contributed by atoms with E-state index >= 15 is 0 Å². The third kappa shape index (κ3) is 5.89. The van der Waals surface area contributed by atoms with Crippen molar-refractivity contribution in [3.8, 4) is 0 Å². The first-order valence-corrected chi connectivity index (χ1v) is 11.3. The lowest BCUT2D eigenvalue weighted by atomic mass is 10.1. The summed E-state index contributed by atoms with van der Waals surface area (Å²) >= 11 is 0. The number of nitrogens with two attached hydrogens (primary N) is 1. The maximum absolute atomic E-state index is 13.1. The van der Waals surface area contributed by atoms with Crippen LogP contribution in [-0.4, -0.2) is 26.3 Å². The predicted molar refractivity (Wildman–Crippen MR) is 141 cm³/mol. The van der Waals surface area contributed by atoms with Gasteiger partial charge in [-0.25, -0.2) is 9.98 Å². The Labute approximate surface area is 216 Å². The number of nitrogens with one attached hydrogen (secondary N) is 2. The fraction of sp³-hybridized carbons (Fsp3) is 0.111. The van der Waals surface area contributed by atoms with Crippen molar-refractivity contribution in [2.24, 2.45) is 12.0 Å². The van der Waals surface area contributed by atoms with Gasteiger partial charge in [-0.2, -0.15) is 13.2 Å². The lowest BCUT2D eigenvalue weighted by Gasteiger charge is -2.14. The minimum absolute atomic E-state index is 0.0210. The second-order valence-electron chi connectivity index (χ2n) is 8.42. The van der Waals surface area contributed by atoms with E-state index in [9.17, 15) is 18.0 Å². The Hall–Kier alpha value is -4.93. The molecule has 0 aliphatic rings. The number of aliphatic imine (C=N–C) groups is 1. The van der Waals surface area contributed by atoms with Crippen molar-refractivity contribution >= 4 is 34.6 Å². The van der Waals surface area contributed by atoms with Gasteiger partial charge in [0.1, 0.15) is 11.5 Å². The topological polar surface area (TPSA) is 110 Å². The molecule has 1 amide bonds. The monoisotopic (exact) mass is 519 g/mol. The van der Waals surface area contributed by atoms with E-state index in [1.807, 2.05) is 6.92 Å². The lowest BCUT2D eigenvalue weighted by Crippen LogP contribution is -2.24. The molecule has 0 saturated heterocycles. The van der Waals surface area contributed by atoms with Gasteiger partial charge in [-0.15, -0.1) is 0 Å². The molecular weight excluding hydrogens is 495 g/mol. The van der Waals surface area contributed by atoms with E-state index in [2.05, 4.69) is 27.2 Å². The average molecular weight is 520 g/mol. The van der Waals surface area contributed by atoms with E-state index in [4.69, 9.17) is 10.7 Å². The van der Waals surface area contributed by atoms with Gasteiger partial charge in [0.2, 0.25) is 0 Å². The van der Waals surface area contributed by atoms with Gasteiger partial charge >= 0.3 is 6.18 Å². The molecule has 38 heavy (non-hydrogen) atoms.